The van der Waals surface area contributed by atoms with Crippen molar-refractivity contribution in [2.45, 2.75) is 0 Å². The van der Waals surface area contributed by atoms with Crippen LogP contribution in [0.1, 0.15) is 0 Å². The third-order valence-electron chi connectivity index (χ3n) is 3.43. The highest BCUT2D eigenvalue weighted by Crippen LogP contribution is 2.27. The third-order valence-corrected chi connectivity index (χ3v) is 3.43. The Morgan fingerprint density at radius 3 is 2.81 bits per heavy atom. The molecule has 0 saturated carbocycles. The van der Waals surface area contributed by atoms with Crippen molar-refractivity contribution in [2.24, 2.45) is 7.05 Å². The highest BCUT2D eigenvalue weighted by Gasteiger charge is 2.10. The van der Waals surface area contributed by atoms with Crippen LogP contribution >= 0.6 is 0 Å². The number of hydrogen-bond acceptors (Lipinski definition) is 5. The summed E-state index contributed by atoms with van der Waals surface area (Å²) in [5.41, 5.74) is 2.35. The van der Waals surface area contributed by atoms with Crippen molar-refractivity contribution >= 4 is 33.4 Å². The Bertz CT molecular complexity index is 938. The zero-order valence-electron chi connectivity index (χ0n) is 11.4. The smallest absolute Gasteiger partial charge is 0.183 e. The first-order valence-corrected chi connectivity index (χ1v) is 6.58. The first-order chi connectivity index (χ1) is 10.3. The molecule has 6 nitrogen and oxygen atoms in total. The normalized spacial score (nSPS) is 11.1. The lowest BCUT2D eigenvalue weighted by molar-refractivity contribution is 0.729. The summed E-state index contributed by atoms with van der Waals surface area (Å²) in [4.78, 5) is 8.48. The molecule has 0 bridgehead atoms. The van der Waals surface area contributed by atoms with Crippen LogP contribution < -0.4 is 5.32 Å². The van der Waals surface area contributed by atoms with Gasteiger partial charge in [0, 0.05) is 18.1 Å². The summed E-state index contributed by atoms with van der Waals surface area (Å²) >= 11 is 0. The molecule has 1 N–H and O–H groups in total. The standard InChI is InChI=1S/C15H12N6/c1-21-15-13(19-20-21)14(16-9-17-15)18-12-8-4-6-10-5-2-3-7-11(10)12/h2-9H,1H3,(H,16,17,18). The second-order valence-electron chi connectivity index (χ2n) is 4.76. The fourth-order valence-corrected chi connectivity index (χ4v) is 2.41. The van der Waals surface area contributed by atoms with E-state index < -0.39 is 0 Å². The zero-order chi connectivity index (χ0) is 14.2. The minimum absolute atomic E-state index is 0.657. The van der Waals surface area contributed by atoms with Gasteiger partial charge in [-0.25, -0.2) is 14.6 Å². The summed E-state index contributed by atoms with van der Waals surface area (Å²) in [5.74, 6) is 0.657. The quantitative estimate of drug-likeness (QED) is 0.609. The Morgan fingerprint density at radius 2 is 1.86 bits per heavy atom. The largest absolute Gasteiger partial charge is 0.338 e. The maximum absolute atomic E-state index is 4.28. The maximum Gasteiger partial charge on any atom is 0.183 e. The lowest BCUT2D eigenvalue weighted by atomic mass is 10.1. The van der Waals surface area contributed by atoms with Crippen LogP contribution in [0.5, 0.6) is 0 Å². The van der Waals surface area contributed by atoms with Gasteiger partial charge in [0.1, 0.15) is 6.33 Å². The van der Waals surface area contributed by atoms with E-state index in [1.54, 1.807) is 4.68 Å². The van der Waals surface area contributed by atoms with Crippen molar-refractivity contribution in [2.75, 3.05) is 5.32 Å². The Labute approximate surface area is 120 Å². The predicted molar refractivity (Wildman–Crippen MR) is 81.3 cm³/mol. The van der Waals surface area contributed by atoms with Gasteiger partial charge >= 0.3 is 0 Å². The molecule has 0 fully saturated rings. The van der Waals surface area contributed by atoms with Crippen molar-refractivity contribution in [3.05, 3.63) is 48.8 Å². The van der Waals surface area contributed by atoms with Crippen LogP contribution in [0.15, 0.2) is 48.8 Å². The van der Waals surface area contributed by atoms with E-state index in [2.05, 4.69) is 43.8 Å². The molecule has 2 aromatic heterocycles. The average Bonchev–Trinajstić information content (AvgIpc) is 2.90. The molecule has 4 aromatic rings. The molecule has 0 amide bonds. The van der Waals surface area contributed by atoms with E-state index in [0.29, 0.717) is 17.0 Å². The van der Waals surface area contributed by atoms with Crippen molar-refractivity contribution in [3.63, 3.8) is 0 Å². The van der Waals surface area contributed by atoms with Crippen molar-refractivity contribution in [3.8, 4) is 0 Å². The van der Waals surface area contributed by atoms with Crippen molar-refractivity contribution in [1.82, 2.24) is 25.0 Å². The van der Waals surface area contributed by atoms with Gasteiger partial charge in [-0.05, 0) is 11.5 Å². The first kappa shape index (κ1) is 11.8. The van der Waals surface area contributed by atoms with E-state index >= 15 is 0 Å². The summed E-state index contributed by atoms with van der Waals surface area (Å²) in [6.45, 7) is 0. The number of anilines is 2. The number of benzene rings is 2. The van der Waals surface area contributed by atoms with Crippen molar-refractivity contribution < 1.29 is 0 Å². The molecular weight excluding hydrogens is 264 g/mol. The topological polar surface area (TPSA) is 68.5 Å². The van der Waals surface area contributed by atoms with Crippen LogP contribution in [0, 0.1) is 0 Å². The molecule has 0 unspecified atom stereocenters. The summed E-state index contributed by atoms with van der Waals surface area (Å²) in [6, 6.07) is 14.3. The molecule has 6 heteroatoms. The van der Waals surface area contributed by atoms with Crippen LogP contribution in [-0.4, -0.2) is 25.0 Å². The number of aryl methyl sites for hydroxylation is 1. The number of fused-ring (bicyclic) bond motifs is 2. The van der Waals surface area contributed by atoms with Crippen LogP contribution in [0.25, 0.3) is 21.9 Å². The monoisotopic (exact) mass is 276 g/mol. The molecule has 0 spiro atoms. The van der Waals surface area contributed by atoms with Gasteiger partial charge in [-0.3, -0.25) is 0 Å². The van der Waals surface area contributed by atoms with Crippen LogP contribution in [0.3, 0.4) is 0 Å². The second kappa shape index (κ2) is 4.52. The third kappa shape index (κ3) is 1.88. The van der Waals surface area contributed by atoms with Crippen molar-refractivity contribution in [1.29, 1.82) is 0 Å². The lowest BCUT2D eigenvalue weighted by Gasteiger charge is -2.09. The average molecular weight is 276 g/mol. The van der Waals surface area contributed by atoms with Crippen LogP contribution in [0.4, 0.5) is 11.5 Å². The molecule has 0 aliphatic heterocycles. The summed E-state index contributed by atoms with van der Waals surface area (Å²) in [6.07, 6.45) is 1.51. The van der Waals surface area contributed by atoms with Crippen LogP contribution in [0.2, 0.25) is 0 Å². The fourth-order valence-electron chi connectivity index (χ4n) is 2.41. The fraction of sp³-hybridized carbons (Fsp3) is 0.0667. The number of aromatic nitrogens is 5. The van der Waals surface area contributed by atoms with Gasteiger partial charge in [0.05, 0.1) is 0 Å². The molecule has 0 atom stereocenters. The molecule has 102 valence electrons. The molecule has 0 saturated heterocycles. The maximum atomic E-state index is 4.28. The second-order valence-corrected chi connectivity index (χ2v) is 4.76. The Kier molecular flexibility index (Phi) is 2.53. The van der Waals surface area contributed by atoms with Gasteiger partial charge in [-0.2, -0.15) is 0 Å². The van der Waals surface area contributed by atoms with E-state index in [1.807, 2.05) is 31.3 Å². The van der Waals surface area contributed by atoms with Gasteiger partial charge in [-0.1, -0.05) is 41.6 Å². The van der Waals surface area contributed by atoms with Gasteiger partial charge in [0.2, 0.25) is 0 Å². The van der Waals surface area contributed by atoms with Gasteiger partial charge in [0.15, 0.2) is 17.0 Å². The molecule has 21 heavy (non-hydrogen) atoms. The Hall–Kier alpha value is -3.02. The van der Waals surface area contributed by atoms with E-state index in [4.69, 9.17) is 0 Å². The number of hydrogen-bond donors (Lipinski definition) is 1. The van der Waals surface area contributed by atoms with Crippen LogP contribution in [-0.2, 0) is 7.05 Å². The van der Waals surface area contributed by atoms with E-state index in [-0.39, 0.29) is 0 Å². The highest BCUT2D eigenvalue weighted by molar-refractivity contribution is 5.97. The Balaban J connectivity index is 1.87. The number of nitrogens with one attached hydrogen (secondary N) is 1. The molecule has 2 heterocycles. The minimum Gasteiger partial charge on any atom is -0.338 e. The van der Waals surface area contributed by atoms with Gasteiger partial charge in [-0.15, -0.1) is 5.10 Å². The minimum atomic E-state index is 0.657. The molecule has 0 aliphatic rings. The Morgan fingerprint density at radius 1 is 1.00 bits per heavy atom. The molecule has 2 aromatic carbocycles. The number of rotatable bonds is 2. The van der Waals surface area contributed by atoms with E-state index in [0.717, 1.165) is 11.1 Å². The number of nitrogens with zero attached hydrogens (tertiary/aromatic N) is 5. The molecule has 4 rings (SSSR count). The highest BCUT2D eigenvalue weighted by atomic mass is 15.4. The first-order valence-electron chi connectivity index (χ1n) is 6.58. The lowest BCUT2D eigenvalue weighted by Crippen LogP contribution is -1.97. The molecular formula is C15H12N6. The SMILES string of the molecule is Cn1nnc2c(Nc3cccc4ccccc34)ncnc21. The van der Waals surface area contributed by atoms with E-state index in [9.17, 15) is 0 Å². The van der Waals surface area contributed by atoms with Gasteiger partial charge < -0.3 is 5.32 Å². The molecule has 0 radical (unpaired) electrons. The summed E-state index contributed by atoms with van der Waals surface area (Å²) in [7, 11) is 1.81. The zero-order valence-corrected chi connectivity index (χ0v) is 11.4. The van der Waals surface area contributed by atoms with E-state index in [1.165, 1.54) is 11.7 Å². The molecule has 0 aliphatic carbocycles. The summed E-state index contributed by atoms with van der Waals surface area (Å²) in [5, 5.41) is 13.7. The summed E-state index contributed by atoms with van der Waals surface area (Å²) < 4.78 is 1.63. The predicted octanol–water partition coefficient (Wildman–Crippen LogP) is 2.66. The van der Waals surface area contributed by atoms with Gasteiger partial charge in [0.25, 0.3) is 0 Å².